The molecule has 0 radical (unpaired) electrons. The quantitative estimate of drug-likeness (QED) is 0.523. The fourth-order valence-corrected chi connectivity index (χ4v) is 2.59. The molecule has 0 atom stereocenters. The number of rotatable bonds is 5. The Balaban J connectivity index is 2.91. The van der Waals surface area contributed by atoms with Gasteiger partial charge in [-0.05, 0) is 37.0 Å². The molecule has 0 bridgehead atoms. The molecule has 2 aromatic rings. The maximum atomic E-state index is 11.8. The van der Waals surface area contributed by atoms with Gasteiger partial charge < -0.3 is 9.72 Å². The fourth-order valence-electron chi connectivity index (χ4n) is 2.59. The second kappa shape index (κ2) is 6.43. The monoisotopic (exact) mass is 297 g/mol. The highest BCUT2D eigenvalue weighted by Gasteiger charge is 2.17. The first kappa shape index (κ1) is 15.8. The number of hydrogen-bond donors (Lipinski definition) is 1. The van der Waals surface area contributed by atoms with Gasteiger partial charge in [0.05, 0.1) is 5.52 Å². The zero-order chi connectivity index (χ0) is 16.3. The van der Waals surface area contributed by atoms with E-state index in [1.165, 1.54) is 6.92 Å². The largest absolute Gasteiger partial charge is 0.426 e. The summed E-state index contributed by atoms with van der Waals surface area (Å²) in [6.07, 6.45) is 4.54. The molecular weight excluding hydrogens is 278 g/mol. The third kappa shape index (κ3) is 3.01. The van der Waals surface area contributed by atoms with E-state index >= 15 is 0 Å². The number of carbonyl (C=O) groups excluding carboxylic acids is 1. The highest BCUT2D eigenvalue weighted by atomic mass is 16.5. The van der Waals surface area contributed by atoms with Crippen molar-refractivity contribution in [3.05, 3.63) is 64.5 Å². The molecule has 1 aromatic heterocycles. The van der Waals surface area contributed by atoms with Gasteiger partial charge in [-0.2, -0.15) is 0 Å². The Morgan fingerprint density at radius 2 is 1.95 bits per heavy atom. The third-order valence-electron chi connectivity index (χ3n) is 3.43. The van der Waals surface area contributed by atoms with Crippen LogP contribution >= 0.6 is 0 Å². The molecule has 4 heteroatoms. The number of aromatic amines is 1. The number of H-pyrrole nitrogens is 1. The molecule has 0 unspecified atom stereocenters. The summed E-state index contributed by atoms with van der Waals surface area (Å²) in [6.45, 7) is 10.7. The van der Waals surface area contributed by atoms with E-state index in [1.54, 1.807) is 18.2 Å². The van der Waals surface area contributed by atoms with Gasteiger partial charge in [0, 0.05) is 23.9 Å². The van der Waals surface area contributed by atoms with Gasteiger partial charge in [-0.15, -0.1) is 13.2 Å². The summed E-state index contributed by atoms with van der Waals surface area (Å²) in [5.74, 6) is 0.0889. The molecule has 22 heavy (non-hydrogen) atoms. The van der Waals surface area contributed by atoms with E-state index in [4.69, 9.17) is 4.74 Å². The molecule has 0 amide bonds. The Morgan fingerprint density at radius 3 is 2.55 bits per heavy atom. The van der Waals surface area contributed by atoms with Crippen LogP contribution in [0.4, 0.5) is 0 Å². The smallest absolute Gasteiger partial charge is 0.308 e. The van der Waals surface area contributed by atoms with Crippen LogP contribution in [0.3, 0.4) is 0 Å². The van der Waals surface area contributed by atoms with Crippen molar-refractivity contribution in [2.75, 3.05) is 0 Å². The van der Waals surface area contributed by atoms with Crippen LogP contribution in [-0.2, 0) is 17.6 Å². The van der Waals surface area contributed by atoms with Gasteiger partial charge in [0.2, 0.25) is 5.56 Å². The van der Waals surface area contributed by atoms with Crippen LogP contribution in [0.1, 0.15) is 23.6 Å². The number of fused-ring (bicyclic) bond motifs is 1. The van der Waals surface area contributed by atoms with Crippen LogP contribution in [-0.4, -0.2) is 11.0 Å². The number of aromatic nitrogens is 1. The lowest BCUT2D eigenvalue weighted by Gasteiger charge is -2.16. The number of carbonyl (C=O) groups is 1. The number of pyridine rings is 1. The Bertz CT molecular complexity index is 815. The molecule has 0 fully saturated rings. The number of allylic oxidation sites excluding steroid dienone is 2. The molecule has 1 heterocycles. The van der Waals surface area contributed by atoms with E-state index in [9.17, 15) is 9.59 Å². The van der Waals surface area contributed by atoms with E-state index in [1.807, 2.05) is 13.0 Å². The van der Waals surface area contributed by atoms with E-state index in [0.717, 1.165) is 22.1 Å². The number of benzene rings is 1. The minimum absolute atomic E-state index is 0.180. The lowest BCUT2D eigenvalue weighted by atomic mass is 9.97. The lowest BCUT2D eigenvalue weighted by molar-refractivity contribution is -0.131. The molecule has 0 spiro atoms. The lowest BCUT2D eigenvalue weighted by Crippen LogP contribution is -2.11. The number of aryl methyl sites for hydroxylation is 1. The second-order valence-electron chi connectivity index (χ2n) is 5.16. The van der Waals surface area contributed by atoms with Crippen molar-refractivity contribution < 1.29 is 9.53 Å². The van der Waals surface area contributed by atoms with E-state index < -0.39 is 5.97 Å². The van der Waals surface area contributed by atoms with Crippen LogP contribution < -0.4 is 10.3 Å². The molecule has 4 nitrogen and oxygen atoms in total. The van der Waals surface area contributed by atoms with Crippen LogP contribution in [0.15, 0.2) is 42.2 Å². The number of ether oxygens (including phenoxy) is 1. The SMILES string of the molecule is C=CCc1cc2c(C)cc(=O)[nH]c2c(CC=C)c1OC(C)=O. The van der Waals surface area contributed by atoms with E-state index in [-0.39, 0.29) is 5.56 Å². The number of nitrogens with one attached hydrogen (secondary N) is 1. The Hall–Kier alpha value is -2.62. The molecular formula is C18H19NO3. The zero-order valence-electron chi connectivity index (χ0n) is 12.9. The highest BCUT2D eigenvalue weighted by Crippen LogP contribution is 2.33. The van der Waals surface area contributed by atoms with Gasteiger partial charge in [0.15, 0.2) is 0 Å². The van der Waals surface area contributed by atoms with Crippen LogP contribution in [0.2, 0.25) is 0 Å². The maximum Gasteiger partial charge on any atom is 0.308 e. The van der Waals surface area contributed by atoms with Gasteiger partial charge >= 0.3 is 5.97 Å². The van der Waals surface area contributed by atoms with Gasteiger partial charge in [0.25, 0.3) is 0 Å². The van der Waals surface area contributed by atoms with Crippen molar-refractivity contribution in [3.63, 3.8) is 0 Å². The van der Waals surface area contributed by atoms with E-state index in [0.29, 0.717) is 24.1 Å². The highest BCUT2D eigenvalue weighted by molar-refractivity contribution is 5.89. The molecule has 1 N–H and O–H groups in total. The summed E-state index contributed by atoms with van der Waals surface area (Å²) < 4.78 is 5.41. The molecule has 0 aliphatic carbocycles. The number of hydrogen-bond acceptors (Lipinski definition) is 3. The Labute approximate surface area is 129 Å². The first-order chi connectivity index (χ1) is 10.5. The first-order valence-corrected chi connectivity index (χ1v) is 7.06. The Kier molecular flexibility index (Phi) is 4.61. The van der Waals surface area contributed by atoms with Crippen molar-refractivity contribution in [2.45, 2.75) is 26.7 Å². The molecule has 1 aromatic carbocycles. The zero-order valence-corrected chi connectivity index (χ0v) is 12.9. The maximum absolute atomic E-state index is 11.8. The van der Waals surface area contributed by atoms with Crippen LogP contribution in [0, 0.1) is 6.92 Å². The third-order valence-corrected chi connectivity index (χ3v) is 3.43. The predicted molar refractivity (Wildman–Crippen MR) is 88.4 cm³/mol. The molecule has 2 rings (SSSR count). The summed E-state index contributed by atoms with van der Waals surface area (Å²) >= 11 is 0. The first-order valence-electron chi connectivity index (χ1n) is 7.06. The number of esters is 1. The van der Waals surface area contributed by atoms with Crippen molar-refractivity contribution in [3.8, 4) is 5.75 Å². The molecule has 114 valence electrons. The average molecular weight is 297 g/mol. The average Bonchev–Trinajstić information content (AvgIpc) is 2.43. The van der Waals surface area contributed by atoms with Gasteiger partial charge in [-0.3, -0.25) is 9.59 Å². The summed E-state index contributed by atoms with van der Waals surface area (Å²) in [5, 5.41) is 0.934. The minimum atomic E-state index is -0.398. The molecule has 0 saturated carbocycles. The normalized spacial score (nSPS) is 10.5. The minimum Gasteiger partial charge on any atom is -0.426 e. The summed E-state index contributed by atoms with van der Waals surface area (Å²) in [4.78, 5) is 26.1. The summed E-state index contributed by atoms with van der Waals surface area (Å²) in [5.41, 5.74) is 3.02. The van der Waals surface area contributed by atoms with Crippen molar-refractivity contribution >= 4 is 16.9 Å². The topological polar surface area (TPSA) is 59.2 Å². The molecule has 0 saturated heterocycles. The fraction of sp³-hybridized carbons (Fsp3) is 0.222. The second-order valence-corrected chi connectivity index (χ2v) is 5.16. The van der Waals surface area contributed by atoms with Crippen molar-refractivity contribution in [2.24, 2.45) is 0 Å². The molecule has 0 aliphatic heterocycles. The van der Waals surface area contributed by atoms with Crippen molar-refractivity contribution in [1.82, 2.24) is 4.98 Å². The van der Waals surface area contributed by atoms with E-state index in [2.05, 4.69) is 18.1 Å². The van der Waals surface area contributed by atoms with Crippen molar-refractivity contribution in [1.29, 1.82) is 0 Å². The summed E-state index contributed by atoms with van der Waals surface area (Å²) in [6, 6.07) is 3.50. The van der Waals surface area contributed by atoms with Crippen LogP contribution in [0.25, 0.3) is 10.9 Å². The van der Waals surface area contributed by atoms with Gasteiger partial charge in [-0.25, -0.2) is 0 Å². The van der Waals surface area contributed by atoms with Gasteiger partial charge in [-0.1, -0.05) is 12.2 Å². The predicted octanol–water partition coefficient (Wildman–Crippen LogP) is 3.22. The summed E-state index contributed by atoms with van der Waals surface area (Å²) in [7, 11) is 0. The standard InChI is InChI=1S/C18H19NO3/c1-5-7-13-10-15-11(3)9-16(21)19-17(15)14(8-6-2)18(13)22-12(4)20/h5-6,9-10H,1-2,7-8H2,3-4H3,(H,19,21). The van der Waals surface area contributed by atoms with Gasteiger partial charge in [0.1, 0.15) is 5.75 Å². The molecule has 0 aliphatic rings. The van der Waals surface area contributed by atoms with Crippen LogP contribution in [0.5, 0.6) is 5.75 Å². The Morgan fingerprint density at radius 1 is 1.27 bits per heavy atom.